The number of primary amides is 1. The Morgan fingerprint density at radius 3 is 1.44 bits per heavy atom. The molecule has 0 saturated carbocycles. The highest BCUT2D eigenvalue weighted by atomic mass is 32.2. The van der Waals surface area contributed by atoms with E-state index in [-0.39, 0.29) is 56.4 Å². The van der Waals surface area contributed by atoms with Crippen LogP contribution in [0.25, 0.3) is 0 Å². The van der Waals surface area contributed by atoms with Gasteiger partial charge in [-0.05, 0) is 78.2 Å². The third kappa shape index (κ3) is 23.8. The number of nitrogens with zero attached hydrogens (tertiary/aromatic N) is 2. The zero-order valence-corrected chi connectivity index (χ0v) is 37.1. The number of carbonyl (C=O) groups is 9. The van der Waals surface area contributed by atoms with Crippen molar-refractivity contribution in [3.8, 4) is 0 Å². The van der Waals surface area contributed by atoms with Crippen molar-refractivity contribution in [2.24, 2.45) is 44.4 Å². The third-order valence-electron chi connectivity index (χ3n) is 8.88. The molecular formula is C36H67N15O11S. The van der Waals surface area contributed by atoms with Gasteiger partial charge in [0.25, 0.3) is 0 Å². The van der Waals surface area contributed by atoms with Crippen LogP contribution < -0.4 is 71.6 Å². The Morgan fingerprint density at radius 2 is 1.00 bits per heavy atom. The van der Waals surface area contributed by atoms with E-state index >= 15 is 0 Å². The highest BCUT2D eigenvalue weighted by molar-refractivity contribution is 7.98. The number of carbonyl (C=O) groups excluding carboxylic acids is 9. The molecule has 26 nitrogen and oxygen atoms in total. The fourth-order valence-corrected chi connectivity index (χ4v) is 5.83. The van der Waals surface area contributed by atoms with E-state index in [1.54, 1.807) is 6.26 Å². The lowest BCUT2D eigenvalue weighted by atomic mass is 10.1. The van der Waals surface area contributed by atoms with Crippen molar-refractivity contribution in [1.82, 2.24) is 37.2 Å². The molecular weight excluding hydrogens is 851 g/mol. The van der Waals surface area contributed by atoms with Crippen LogP contribution in [0.5, 0.6) is 0 Å². The van der Waals surface area contributed by atoms with Crippen LogP contribution in [-0.4, -0.2) is 161 Å². The number of aldehydes is 1. The summed E-state index contributed by atoms with van der Waals surface area (Å²) in [6, 6.07) is -10.8. The first-order valence-electron chi connectivity index (χ1n) is 20.0. The molecule has 0 saturated heterocycles. The van der Waals surface area contributed by atoms with E-state index in [0.29, 0.717) is 12.7 Å². The van der Waals surface area contributed by atoms with Gasteiger partial charge < -0.3 is 86.6 Å². The second-order valence-corrected chi connectivity index (χ2v) is 15.6. The summed E-state index contributed by atoms with van der Waals surface area (Å²) < 4.78 is 0. The quantitative estimate of drug-likeness (QED) is 0.0133. The van der Waals surface area contributed by atoms with E-state index in [2.05, 4.69) is 47.2 Å². The number of aliphatic hydroxyl groups is 2. The molecule has 63 heavy (non-hydrogen) atoms. The summed E-state index contributed by atoms with van der Waals surface area (Å²) in [6.07, 6.45) is -1.03. The van der Waals surface area contributed by atoms with Gasteiger partial charge in [-0.25, -0.2) is 0 Å². The van der Waals surface area contributed by atoms with Crippen LogP contribution in [0, 0.1) is 0 Å². The maximum Gasteiger partial charge on any atom is 0.245 e. The number of nitrogens with two attached hydrogens (primary N) is 6. The minimum Gasteiger partial charge on any atom is -0.391 e. The van der Waals surface area contributed by atoms with Gasteiger partial charge in [0.05, 0.1) is 24.3 Å². The number of nitrogens with one attached hydrogen (secondary N) is 7. The van der Waals surface area contributed by atoms with Gasteiger partial charge in [-0.15, -0.1) is 0 Å². The van der Waals surface area contributed by atoms with Gasteiger partial charge in [-0.3, -0.25) is 48.3 Å². The Kier molecular flexibility index (Phi) is 27.5. The molecule has 10 atom stereocenters. The summed E-state index contributed by atoms with van der Waals surface area (Å²) in [5, 5.41) is 37.9. The number of hydrogen-bond acceptors (Lipinski definition) is 15. The van der Waals surface area contributed by atoms with E-state index in [1.807, 2.05) is 0 Å². The Morgan fingerprint density at radius 1 is 0.571 bits per heavy atom. The number of rotatable bonds is 31. The molecule has 0 aromatic rings. The normalized spacial score (nSPS) is 15.6. The molecule has 0 aromatic heterocycles. The second kappa shape index (κ2) is 30.3. The average Bonchev–Trinajstić information content (AvgIpc) is 3.19. The molecule has 0 bridgehead atoms. The predicted octanol–water partition coefficient (Wildman–Crippen LogP) is -7.17. The van der Waals surface area contributed by atoms with E-state index < -0.39 is 121 Å². The van der Waals surface area contributed by atoms with Crippen molar-refractivity contribution in [3.63, 3.8) is 0 Å². The number of hydrogen-bond donors (Lipinski definition) is 15. The van der Waals surface area contributed by atoms with E-state index in [9.17, 15) is 53.4 Å². The molecule has 0 fully saturated rings. The largest absolute Gasteiger partial charge is 0.391 e. The zero-order chi connectivity index (χ0) is 48.4. The predicted molar refractivity (Wildman–Crippen MR) is 234 cm³/mol. The van der Waals surface area contributed by atoms with Gasteiger partial charge in [0.15, 0.2) is 11.9 Å². The van der Waals surface area contributed by atoms with Gasteiger partial charge in [0, 0.05) is 19.5 Å². The van der Waals surface area contributed by atoms with Gasteiger partial charge >= 0.3 is 0 Å². The Balaban J connectivity index is 6.18. The van der Waals surface area contributed by atoms with Crippen LogP contribution in [0.2, 0.25) is 0 Å². The smallest absolute Gasteiger partial charge is 0.245 e. The van der Waals surface area contributed by atoms with Crippen LogP contribution in [0.4, 0.5) is 0 Å². The molecule has 27 heteroatoms. The summed E-state index contributed by atoms with van der Waals surface area (Å²) in [5.41, 5.74) is 32.2. The molecule has 0 radical (unpaired) electrons. The Labute approximate surface area is 369 Å². The van der Waals surface area contributed by atoms with Crippen LogP contribution in [0.3, 0.4) is 0 Å². The minimum absolute atomic E-state index is 0.000137. The van der Waals surface area contributed by atoms with Crippen molar-refractivity contribution in [2.75, 3.05) is 25.1 Å². The molecule has 0 rings (SSSR count). The van der Waals surface area contributed by atoms with Gasteiger partial charge in [-0.2, -0.15) is 11.8 Å². The molecule has 358 valence electrons. The summed E-state index contributed by atoms with van der Waals surface area (Å²) in [4.78, 5) is 124. The van der Waals surface area contributed by atoms with Gasteiger partial charge in [-0.1, -0.05) is 0 Å². The lowest BCUT2D eigenvalue weighted by molar-refractivity contribution is -0.137. The lowest BCUT2D eigenvalue weighted by Gasteiger charge is -2.28. The molecule has 0 aliphatic rings. The fraction of sp³-hybridized carbons (Fsp3) is 0.694. The topological polar surface area (TPSA) is 459 Å². The first-order chi connectivity index (χ1) is 29.4. The summed E-state index contributed by atoms with van der Waals surface area (Å²) in [7, 11) is 0. The third-order valence-corrected chi connectivity index (χ3v) is 9.53. The summed E-state index contributed by atoms with van der Waals surface area (Å²) in [6.45, 7) is 5.34. The molecule has 0 aliphatic carbocycles. The zero-order valence-electron chi connectivity index (χ0n) is 36.3. The maximum absolute atomic E-state index is 13.8. The number of aliphatic imine (C=N–C) groups is 2. The minimum atomic E-state index is -1.71. The Bertz CT molecular complexity index is 1610. The molecule has 8 amide bonds. The summed E-state index contributed by atoms with van der Waals surface area (Å²) in [5.74, 6) is -7.31. The molecule has 0 heterocycles. The average molecular weight is 918 g/mol. The van der Waals surface area contributed by atoms with Crippen LogP contribution in [0.15, 0.2) is 9.98 Å². The van der Waals surface area contributed by atoms with E-state index in [0.717, 1.165) is 6.92 Å². The van der Waals surface area contributed by atoms with Crippen LogP contribution in [-0.2, 0) is 43.2 Å². The van der Waals surface area contributed by atoms with E-state index in [4.69, 9.17) is 34.4 Å². The van der Waals surface area contributed by atoms with Crippen molar-refractivity contribution >= 4 is 77.2 Å². The molecule has 0 unspecified atom stereocenters. The van der Waals surface area contributed by atoms with Crippen molar-refractivity contribution in [2.45, 2.75) is 133 Å². The number of guanidine groups is 2. The van der Waals surface area contributed by atoms with Gasteiger partial charge in [0.2, 0.25) is 47.3 Å². The number of amides is 8. The molecule has 21 N–H and O–H groups in total. The maximum atomic E-state index is 13.8. The standard InChI is InChI=1S/C36H67N15O11S/c1-17(37)28(56)47-22(9-7-14-44-36(41)42)31(59)51-27(20(4)54)34(62)49-24(12-15-63-5)30(58)48-23(10-11-25(38)55)32(60)50-26(19(3)53)33(61)45-18(2)29(57)46-21(16-52)8-6-13-43-35(39)40/h16-24,26-27,53-54H,6-15,37H2,1-5H3,(H2,38,55)(H,45,61)(H,46,57)(H,47,56)(H,48,58)(H,49,62)(H,50,60)(H,51,59)(H4,39,40,43)(H4,41,42,44)/t17-,18-,19+,20+,21-,22-,23-,24-,26-,27-/m0/s1. The lowest BCUT2D eigenvalue weighted by Crippen LogP contribution is -2.62. The van der Waals surface area contributed by atoms with Crippen LogP contribution >= 0.6 is 11.8 Å². The molecule has 0 aliphatic heterocycles. The molecule has 0 aromatic carbocycles. The highest BCUT2D eigenvalue weighted by Crippen LogP contribution is 2.08. The fourth-order valence-electron chi connectivity index (χ4n) is 5.36. The SMILES string of the molecule is CSCC[C@H](NC(=O)[C@@H](NC(=O)[C@H](CCCN=C(N)N)NC(=O)[C@H](C)N)[C@@H](C)O)C(=O)N[C@@H](CCC(N)=O)C(=O)N[C@H](C(=O)N[C@@H](C)C(=O)N[C@H](C=O)CCCN=C(N)N)[C@@H](C)O. The number of thioether (sulfide) groups is 1. The first kappa shape index (κ1) is 57.2. The van der Waals surface area contributed by atoms with Crippen LogP contribution in [0.1, 0.15) is 72.6 Å². The second-order valence-electron chi connectivity index (χ2n) is 14.6. The van der Waals surface area contributed by atoms with Crippen molar-refractivity contribution < 1.29 is 53.4 Å². The Hall–Kier alpha value is -5.80. The van der Waals surface area contributed by atoms with E-state index in [1.165, 1.54) is 32.5 Å². The molecule has 0 spiro atoms. The summed E-state index contributed by atoms with van der Waals surface area (Å²) >= 11 is 1.30. The van der Waals surface area contributed by atoms with Crippen molar-refractivity contribution in [3.05, 3.63) is 0 Å². The first-order valence-corrected chi connectivity index (χ1v) is 21.4. The number of aliphatic hydroxyl groups excluding tert-OH is 2. The van der Waals surface area contributed by atoms with Gasteiger partial charge in [0.1, 0.15) is 42.5 Å². The highest BCUT2D eigenvalue weighted by Gasteiger charge is 2.35. The monoisotopic (exact) mass is 917 g/mol. The van der Waals surface area contributed by atoms with Crippen molar-refractivity contribution in [1.29, 1.82) is 0 Å².